The Labute approximate surface area is 130 Å². The summed E-state index contributed by atoms with van der Waals surface area (Å²) in [6, 6.07) is 0. The lowest BCUT2D eigenvalue weighted by Crippen LogP contribution is -2.55. The number of carboxylic acid groups (broad SMARTS) is 1. The van der Waals surface area contributed by atoms with E-state index in [0.29, 0.717) is 0 Å². The maximum atomic E-state index is 11.1. The Kier molecular flexibility index (Phi) is 10.5. The summed E-state index contributed by atoms with van der Waals surface area (Å²) in [7, 11) is 0. The number of hydrogen-bond donors (Lipinski definition) is 2. The first-order valence-corrected chi connectivity index (χ1v) is 8.96. The van der Waals surface area contributed by atoms with Crippen LogP contribution >= 0.6 is 0 Å². The molecule has 0 bridgehead atoms. The highest BCUT2D eigenvalue weighted by Crippen LogP contribution is 2.12. The zero-order chi connectivity index (χ0) is 15.3. The molecule has 1 unspecified atom stereocenters. The summed E-state index contributed by atoms with van der Waals surface area (Å²) in [6.45, 7) is 4.92. The molecule has 4 nitrogen and oxygen atoms in total. The van der Waals surface area contributed by atoms with Gasteiger partial charge in [0.1, 0.15) is 0 Å². The van der Waals surface area contributed by atoms with E-state index in [4.69, 9.17) is 5.11 Å². The Balaban J connectivity index is 1.94. The first kappa shape index (κ1) is 18.4. The average Bonchev–Trinajstić information content (AvgIpc) is 2.49. The summed E-state index contributed by atoms with van der Waals surface area (Å²) >= 11 is 0. The predicted octanol–water partition coefficient (Wildman–Crippen LogP) is 3.61. The Hall–Kier alpha value is -0.610. The molecular formula is C17H34N2O2. The molecule has 0 radical (unpaired) electrons. The summed E-state index contributed by atoms with van der Waals surface area (Å²) in [4.78, 5) is 13.2. The van der Waals surface area contributed by atoms with Crippen molar-refractivity contribution < 1.29 is 9.90 Å². The predicted molar refractivity (Wildman–Crippen MR) is 87.5 cm³/mol. The number of nitrogens with zero attached hydrogens (tertiary/aromatic N) is 1. The number of carbonyl (C=O) groups is 1. The molecular weight excluding hydrogens is 264 g/mol. The Morgan fingerprint density at radius 2 is 1.62 bits per heavy atom. The molecule has 0 saturated carbocycles. The van der Waals surface area contributed by atoms with E-state index in [2.05, 4.69) is 17.1 Å². The van der Waals surface area contributed by atoms with E-state index in [0.717, 1.165) is 32.5 Å². The summed E-state index contributed by atoms with van der Waals surface area (Å²) in [5.74, 6) is -0.734. The largest absolute Gasteiger partial charge is 0.479 e. The van der Waals surface area contributed by atoms with Crippen LogP contribution < -0.4 is 5.32 Å². The highest BCUT2D eigenvalue weighted by Gasteiger charge is 2.26. The van der Waals surface area contributed by atoms with Gasteiger partial charge in [0, 0.05) is 13.1 Å². The van der Waals surface area contributed by atoms with E-state index in [1.165, 1.54) is 57.8 Å². The topological polar surface area (TPSA) is 52.6 Å². The van der Waals surface area contributed by atoms with E-state index < -0.39 is 12.1 Å². The Bertz CT molecular complexity index is 272. The summed E-state index contributed by atoms with van der Waals surface area (Å²) in [5, 5.41) is 12.2. The van der Waals surface area contributed by atoms with Crippen molar-refractivity contribution in [3.8, 4) is 0 Å². The van der Waals surface area contributed by atoms with Crippen LogP contribution in [0.5, 0.6) is 0 Å². The zero-order valence-electron chi connectivity index (χ0n) is 13.8. The van der Waals surface area contributed by atoms with Gasteiger partial charge in [-0.2, -0.15) is 0 Å². The van der Waals surface area contributed by atoms with Gasteiger partial charge in [-0.1, -0.05) is 64.7 Å². The molecule has 1 atom stereocenters. The van der Waals surface area contributed by atoms with Crippen LogP contribution in [0.1, 0.15) is 77.6 Å². The minimum atomic E-state index is -0.734. The van der Waals surface area contributed by atoms with E-state index >= 15 is 0 Å². The lowest BCUT2D eigenvalue weighted by molar-refractivity contribution is -0.145. The molecule has 4 heteroatoms. The molecule has 0 amide bonds. The van der Waals surface area contributed by atoms with Crippen LogP contribution in [-0.2, 0) is 4.79 Å². The molecule has 0 aromatic heterocycles. The molecule has 1 fully saturated rings. The number of carboxylic acids is 1. The van der Waals surface area contributed by atoms with Gasteiger partial charge in [-0.3, -0.25) is 10.2 Å². The molecule has 1 aliphatic rings. The van der Waals surface area contributed by atoms with Crippen LogP contribution in [0.25, 0.3) is 0 Å². The third kappa shape index (κ3) is 8.42. The van der Waals surface area contributed by atoms with Crippen molar-refractivity contribution in [1.82, 2.24) is 10.2 Å². The Morgan fingerprint density at radius 3 is 2.19 bits per heavy atom. The molecule has 0 aromatic rings. The maximum absolute atomic E-state index is 11.1. The van der Waals surface area contributed by atoms with Crippen molar-refractivity contribution in [2.75, 3.05) is 19.6 Å². The molecule has 124 valence electrons. The fraction of sp³-hybridized carbons (Fsp3) is 0.941. The first-order valence-electron chi connectivity index (χ1n) is 8.96. The minimum Gasteiger partial charge on any atom is -0.479 e. The standard InChI is InChI=1S/C17H34N2O2/c1-2-3-4-5-6-7-8-9-10-11-14-19-15-12-13-18-16(19)17(20)21/h16,18H,2-15H2,1H3,(H,20,21). The second-order valence-electron chi connectivity index (χ2n) is 6.27. The SMILES string of the molecule is CCCCCCCCCCCCN1CCCNC1C(=O)O. The van der Waals surface area contributed by atoms with Crippen LogP contribution in [0.3, 0.4) is 0 Å². The summed E-state index contributed by atoms with van der Waals surface area (Å²) in [5.41, 5.74) is 0. The van der Waals surface area contributed by atoms with Crippen LogP contribution in [-0.4, -0.2) is 41.8 Å². The number of rotatable bonds is 12. The fourth-order valence-electron chi connectivity index (χ4n) is 3.07. The molecule has 0 aromatic carbocycles. The molecule has 1 aliphatic heterocycles. The normalized spacial score (nSPS) is 19.8. The van der Waals surface area contributed by atoms with Crippen LogP contribution in [0.2, 0.25) is 0 Å². The van der Waals surface area contributed by atoms with E-state index in [1.807, 2.05) is 0 Å². The molecule has 0 aliphatic carbocycles. The van der Waals surface area contributed by atoms with Crippen molar-refractivity contribution in [3.63, 3.8) is 0 Å². The van der Waals surface area contributed by atoms with Gasteiger partial charge in [-0.05, 0) is 19.4 Å². The van der Waals surface area contributed by atoms with E-state index in [9.17, 15) is 4.79 Å². The van der Waals surface area contributed by atoms with Crippen molar-refractivity contribution in [2.24, 2.45) is 0 Å². The summed E-state index contributed by atoms with van der Waals surface area (Å²) in [6.07, 6.45) is 13.8. The number of hydrogen-bond acceptors (Lipinski definition) is 3. The van der Waals surface area contributed by atoms with Crippen LogP contribution in [0, 0.1) is 0 Å². The third-order valence-corrected chi connectivity index (χ3v) is 4.36. The highest BCUT2D eigenvalue weighted by molar-refractivity contribution is 5.73. The first-order chi connectivity index (χ1) is 10.3. The van der Waals surface area contributed by atoms with Gasteiger partial charge in [0.2, 0.25) is 0 Å². The van der Waals surface area contributed by atoms with Gasteiger partial charge in [0.05, 0.1) is 0 Å². The van der Waals surface area contributed by atoms with Crippen molar-refractivity contribution >= 4 is 5.97 Å². The molecule has 0 spiro atoms. The number of aliphatic carboxylic acids is 1. The van der Waals surface area contributed by atoms with E-state index in [1.54, 1.807) is 0 Å². The average molecular weight is 298 g/mol. The monoisotopic (exact) mass is 298 g/mol. The maximum Gasteiger partial charge on any atom is 0.335 e. The number of unbranched alkanes of at least 4 members (excludes halogenated alkanes) is 9. The molecule has 1 rings (SSSR count). The zero-order valence-corrected chi connectivity index (χ0v) is 13.8. The lowest BCUT2D eigenvalue weighted by atomic mass is 10.1. The fourth-order valence-corrected chi connectivity index (χ4v) is 3.07. The quantitative estimate of drug-likeness (QED) is 0.540. The summed E-state index contributed by atoms with van der Waals surface area (Å²) < 4.78 is 0. The molecule has 2 N–H and O–H groups in total. The smallest absolute Gasteiger partial charge is 0.335 e. The van der Waals surface area contributed by atoms with Gasteiger partial charge in [-0.15, -0.1) is 0 Å². The van der Waals surface area contributed by atoms with Crippen molar-refractivity contribution in [1.29, 1.82) is 0 Å². The van der Waals surface area contributed by atoms with E-state index in [-0.39, 0.29) is 0 Å². The second-order valence-corrected chi connectivity index (χ2v) is 6.27. The molecule has 1 saturated heterocycles. The molecule has 21 heavy (non-hydrogen) atoms. The van der Waals surface area contributed by atoms with Crippen molar-refractivity contribution in [2.45, 2.75) is 83.7 Å². The van der Waals surface area contributed by atoms with Crippen LogP contribution in [0.15, 0.2) is 0 Å². The van der Waals surface area contributed by atoms with Crippen LogP contribution in [0.4, 0.5) is 0 Å². The molecule has 1 heterocycles. The number of nitrogens with one attached hydrogen (secondary N) is 1. The van der Waals surface area contributed by atoms with Gasteiger partial charge in [0.15, 0.2) is 6.17 Å². The third-order valence-electron chi connectivity index (χ3n) is 4.36. The van der Waals surface area contributed by atoms with Crippen molar-refractivity contribution in [3.05, 3.63) is 0 Å². The van der Waals surface area contributed by atoms with Gasteiger partial charge in [-0.25, -0.2) is 4.79 Å². The lowest BCUT2D eigenvalue weighted by Gasteiger charge is -2.33. The van der Waals surface area contributed by atoms with Gasteiger partial charge < -0.3 is 5.11 Å². The second kappa shape index (κ2) is 12.0. The Morgan fingerprint density at radius 1 is 1.05 bits per heavy atom. The highest BCUT2D eigenvalue weighted by atomic mass is 16.4. The van der Waals surface area contributed by atoms with Gasteiger partial charge >= 0.3 is 5.97 Å². The van der Waals surface area contributed by atoms with Gasteiger partial charge in [0.25, 0.3) is 0 Å². The minimum absolute atomic E-state index is 0.461.